The molecule has 1 heterocycles. The van der Waals surface area contributed by atoms with Crippen LogP contribution in [-0.4, -0.2) is 18.1 Å². The maximum atomic E-state index is 5.52. The van der Waals surface area contributed by atoms with Crippen molar-refractivity contribution in [2.45, 2.75) is 40.2 Å². The normalized spacial score (nSPS) is 11.1. The molecule has 0 aliphatic rings. The van der Waals surface area contributed by atoms with Gasteiger partial charge in [-0.15, -0.1) is 0 Å². The molecule has 0 saturated heterocycles. The highest BCUT2D eigenvalue weighted by Gasteiger charge is 2.14. The topological polar surface area (TPSA) is 55.3 Å². The van der Waals surface area contributed by atoms with Gasteiger partial charge in [0.25, 0.3) is 6.01 Å². The Morgan fingerprint density at radius 2 is 2.06 bits per heavy atom. The van der Waals surface area contributed by atoms with E-state index in [1.54, 1.807) is 6.26 Å². The van der Waals surface area contributed by atoms with Gasteiger partial charge >= 0.3 is 0 Å². The van der Waals surface area contributed by atoms with E-state index in [0.29, 0.717) is 18.5 Å². The maximum absolute atomic E-state index is 5.52. The van der Waals surface area contributed by atoms with Crippen LogP contribution in [0, 0.1) is 5.92 Å². The molecule has 16 heavy (non-hydrogen) atoms. The summed E-state index contributed by atoms with van der Waals surface area (Å²) in [4.78, 5) is 6.53. The van der Waals surface area contributed by atoms with Crippen LogP contribution in [0.1, 0.15) is 39.3 Å². The Balaban J connectivity index is 2.66. The number of hydrogen-bond acceptors (Lipinski definition) is 4. The highest BCUT2D eigenvalue weighted by atomic mass is 16.4. The highest BCUT2D eigenvalue weighted by molar-refractivity contribution is 5.26. The number of oxazole rings is 1. The number of nitrogens with zero attached hydrogens (tertiary/aromatic N) is 2. The van der Waals surface area contributed by atoms with Crippen LogP contribution in [0.3, 0.4) is 0 Å². The van der Waals surface area contributed by atoms with Crippen LogP contribution < -0.4 is 10.6 Å². The number of rotatable bonds is 7. The van der Waals surface area contributed by atoms with Gasteiger partial charge in [-0.1, -0.05) is 26.7 Å². The Kier molecular flexibility index (Phi) is 5.32. The fourth-order valence-corrected chi connectivity index (χ4v) is 1.74. The van der Waals surface area contributed by atoms with E-state index in [-0.39, 0.29) is 0 Å². The molecule has 1 aromatic rings. The summed E-state index contributed by atoms with van der Waals surface area (Å²) in [6.07, 6.45) is 4.03. The molecule has 0 aromatic carbocycles. The lowest BCUT2D eigenvalue weighted by molar-refractivity contribution is 0.456. The largest absolute Gasteiger partial charge is 0.432 e. The molecule has 0 atom stereocenters. The second-order valence-electron chi connectivity index (χ2n) is 4.05. The third-order valence-electron chi connectivity index (χ3n) is 3.03. The summed E-state index contributed by atoms with van der Waals surface area (Å²) >= 11 is 0. The lowest BCUT2D eigenvalue weighted by Gasteiger charge is -2.23. The number of anilines is 1. The molecular formula is C12H23N3O. The molecule has 0 radical (unpaired) electrons. The van der Waals surface area contributed by atoms with E-state index < -0.39 is 0 Å². The van der Waals surface area contributed by atoms with Gasteiger partial charge in [-0.3, -0.25) is 0 Å². The van der Waals surface area contributed by atoms with Crippen molar-refractivity contribution < 1.29 is 4.42 Å². The average Bonchev–Trinajstić information content (AvgIpc) is 2.79. The number of nitrogens with two attached hydrogens (primary N) is 1. The van der Waals surface area contributed by atoms with E-state index in [2.05, 4.69) is 30.7 Å². The molecule has 0 bridgehead atoms. The van der Waals surface area contributed by atoms with Crippen LogP contribution in [0.25, 0.3) is 0 Å². The first kappa shape index (κ1) is 13.0. The van der Waals surface area contributed by atoms with Crippen molar-refractivity contribution in [3.05, 3.63) is 12.0 Å². The van der Waals surface area contributed by atoms with Crippen molar-refractivity contribution in [3.8, 4) is 0 Å². The van der Waals surface area contributed by atoms with Crippen molar-refractivity contribution in [2.75, 3.05) is 18.0 Å². The third kappa shape index (κ3) is 3.23. The van der Waals surface area contributed by atoms with Crippen molar-refractivity contribution in [2.24, 2.45) is 11.7 Å². The first-order valence-electron chi connectivity index (χ1n) is 6.14. The van der Waals surface area contributed by atoms with Gasteiger partial charge in [-0.05, 0) is 12.8 Å². The predicted molar refractivity (Wildman–Crippen MR) is 66.4 cm³/mol. The second-order valence-corrected chi connectivity index (χ2v) is 4.05. The molecule has 0 aliphatic carbocycles. The second kappa shape index (κ2) is 6.53. The molecule has 4 heteroatoms. The van der Waals surface area contributed by atoms with Gasteiger partial charge in [0.2, 0.25) is 0 Å². The van der Waals surface area contributed by atoms with Crippen molar-refractivity contribution in [1.82, 2.24) is 4.98 Å². The fraction of sp³-hybridized carbons (Fsp3) is 0.750. The van der Waals surface area contributed by atoms with Crippen LogP contribution in [0.15, 0.2) is 10.7 Å². The van der Waals surface area contributed by atoms with Gasteiger partial charge in [0, 0.05) is 19.6 Å². The molecule has 92 valence electrons. The van der Waals surface area contributed by atoms with Crippen LogP contribution in [-0.2, 0) is 6.54 Å². The first-order chi connectivity index (χ1) is 7.74. The summed E-state index contributed by atoms with van der Waals surface area (Å²) in [6.45, 7) is 8.93. The van der Waals surface area contributed by atoms with Gasteiger partial charge in [0.1, 0.15) is 6.26 Å². The van der Waals surface area contributed by atoms with Crippen LogP contribution in [0.2, 0.25) is 0 Å². The zero-order valence-electron chi connectivity index (χ0n) is 10.6. The first-order valence-corrected chi connectivity index (χ1v) is 6.14. The minimum absolute atomic E-state index is 0.437. The monoisotopic (exact) mass is 225 g/mol. The number of aromatic nitrogens is 1. The molecule has 0 aliphatic heterocycles. The van der Waals surface area contributed by atoms with Crippen LogP contribution in [0.5, 0.6) is 0 Å². The molecular weight excluding hydrogens is 202 g/mol. The summed E-state index contributed by atoms with van der Waals surface area (Å²) in [5, 5.41) is 0. The van der Waals surface area contributed by atoms with Crippen molar-refractivity contribution >= 4 is 6.01 Å². The van der Waals surface area contributed by atoms with Gasteiger partial charge in [0.15, 0.2) is 0 Å². The summed E-state index contributed by atoms with van der Waals surface area (Å²) in [6, 6.07) is 0.704. The van der Waals surface area contributed by atoms with Crippen LogP contribution >= 0.6 is 0 Å². The van der Waals surface area contributed by atoms with E-state index in [0.717, 1.165) is 18.8 Å². The Labute approximate surface area is 97.8 Å². The quantitative estimate of drug-likeness (QED) is 0.774. The number of hydrogen-bond donors (Lipinski definition) is 1. The summed E-state index contributed by atoms with van der Waals surface area (Å²) < 4.78 is 5.43. The summed E-state index contributed by atoms with van der Waals surface area (Å²) in [7, 11) is 0. The third-order valence-corrected chi connectivity index (χ3v) is 3.03. The zero-order valence-corrected chi connectivity index (χ0v) is 10.6. The summed E-state index contributed by atoms with van der Waals surface area (Å²) in [5.74, 6) is 0.702. The van der Waals surface area contributed by atoms with Crippen molar-refractivity contribution in [3.63, 3.8) is 0 Å². The molecule has 4 nitrogen and oxygen atoms in total. The molecule has 0 saturated carbocycles. The van der Waals surface area contributed by atoms with Gasteiger partial charge < -0.3 is 15.1 Å². The average molecular weight is 225 g/mol. The maximum Gasteiger partial charge on any atom is 0.297 e. The van der Waals surface area contributed by atoms with Gasteiger partial charge in [-0.25, -0.2) is 0 Å². The molecule has 0 amide bonds. The predicted octanol–water partition coefficient (Wildman–Crippen LogP) is 2.40. The zero-order chi connectivity index (χ0) is 12.0. The van der Waals surface area contributed by atoms with E-state index in [9.17, 15) is 0 Å². The van der Waals surface area contributed by atoms with Crippen molar-refractivity contribution in [1.29, 1.82) is 0 Å². The van der Waals surface area contributed by atoms with Crippen LogP contribution in [0.4, 0.5) is 6.01 Å². The SMILES string of the molecule is CCC(CC)CN(CC)c1nc(CN)co1. The summed E-state index contributed by atoms with van der Waals surface area (Å²) in [5.41, 5.74) is 6.33. The lowest BCUT2D eigenvalue weighted by atomic mass is 10.0. The lowest BCUT2D eigenvalue weighted by Crippen LogP contribution is -2.29. The van der Waals surface area contributed by atoms with E-state index in [1.165, 1.54) is 12.8 Å². The molecule has 0 spiro atoms. The van der Waals surface area contributed by atoms with E-state index >= 15 is 0 Å². The molecule has 2 N–H and O–H groups in total. The van der Waals surface area contributed by atoms with E-state index in [4.69, 9.17) is 10.2 Å². The van der Waals surface area contributed by atoms with E-state index in [1.807, 2.05) is 0 Å². The molecule has 0 fully saturated rings. The molecule has 1 aromatic heterocycles. The standard InChI is InChI=1S/C12H23N3O/c1-4-10(5-2)8-15(6-3)12-14-11(7-13)9-16-12/h9-10H,4-8,13H2,1-3H3. The smallest absolute Gasteiger partial charge is 0.297 e. The minimum Gasteiger partial charge on any atom is -0.432 e. The molecule has 1 rings (SSSR count). The Hall–Kier alpha value is -1.03. The Morgan fingerprint density at radius 1 is 1.38 bits per heavy atom. The Morgan fingerprint density at radius 3 is 2.50 bits per heavy atom. The van der Waals surface area contributed by atoms with Gasteiger partial charge in [0.05, 0.1) is 5.69 Å². The van der Waals surface area contributed by atoms with Gasteiger partial charge in [-0.2, -0.15) is 4.98 Å². The minimum atomic E-state index is 0.437. The Bertz CT molecular complexity index is 294. The highest BCUT2D eigenvalue weighted by Crippen LogP contribution is 2.17. The molecule has 0 unspecified atom stereocenters. The fourth-order valence-electron chi connectivity index (χ4n) is 1.74.